The molecule has 0 aromatic carbocycles. The molecule has 1 amide bonds. The Labute approximate surface area is 124 Å². The van der Waals surface area contributed by atoms with Crippen molar-refractivity contribution >= 4 is 11.7 Å². The van der Waals surface area contributed by atoms with Crippen LogP contribution in [0, 0.1) is 6.92 Å². The van der Waals surface area contributed by atoms with Gasteiger partial charge in [0.25, 0.3) is 5.91 Å². The minimum Gasteiger partial charge on any atom is -0.333 e. The highest BCUT2D eigenvalue weighted by molar-refractivity contribution is 5.98. The molecule has 0 atom stereocenters. The number of hydrazine groups is 1. The molecule has 6 heteroatoms. The summed E-state index contributed by atoms with van der Waals surface area (Å²) >= 11 is 0. The van der Waals surface area contributed by atoms with Crippen LogP contribution in [0.3, 0.4) is 0 Å². The van der Waals surface area contributed by atoms with E-state index < -0.39 is 0 Å². The summed E-state index contributed by atoms with van der Waals surface area (Å²) in [5, 5.41) is 0. The Kier molecular flexibility index (Phi) is 4.84. The Balaban J connectivity index is 2.22. The zero-order chi connectivity index (χ0) is 15.2. The van der Waals surface area contributed by atoms with Gasteiger partial charge in [-0.25, -0.2) is 10.8 Å². The van der Waals surface area contributed by atoms with Crippen molar-refractivity contribution in [3.05, 3.63) is 53.5 Å². The molecule has 0 spiro atoms. The highest BCUT2D eigenvalue weighted by Gasteiger charge is 2.18. The summed E-state index contributed by atoms with van der Waals surface area (Å²) in [7, 11) is 0. The van der Waals surface area contributed by atoms with Crippen molar-refractivity contribution in [2.75, 3.05) is 12.0 Å². The van der Waals surface area contributed by atoms with E-state index in [0.717, 1.165) is 11.4 Å². The molecule has 0 bridgehead atoms. The number of aryl methyl sites for hydroxylation is 1. The number of nitrogens with zero attached hydrogens (tertiary/aromatic N) is 3. The molecule has 110 valence electrons. The topological polar surface area (TPSA) is 84.1 Å². The predicted octanol–water partition coefficient (Wildman–Crippen LogP) is 1.73. The molecule has 2 heterocycles. The number of anilines is 1. The zero-order valence-corrected chi connectivity index (χ0v) is 12.2. The summed E-state index contributed by atoms with van der Waals surface area (Å²) in [5.41, 5.74) is 4.70. The van der Waals surface area contributed by atoms with Gasteiger partial charge >= 0.3 is 0 Å². The Morgan fingerprint density at radius 2 is 2.14 bits per heavy atom. The van der Waals surface area contributed by atoms with Crippen molar-refractivity contribution in [2.24, 2.45) is 5.84 Å². The average molecular weight is 285 g/mol. The van der Waals surface area contributed by atoms with Crippen LogP contribution < -0.4 is 11.3 Å². The molecule has 2 rings (SSSR count). The average Bonchev–Trinajstić information content (AvgIpc) is 2.52. The van der Waals surface area contributed by atoms with Gasteiger partial charge in [-0.1, -0.05) is 6.07 Å². The van der Waals surface area contributed by atoms with Gasteiger partial charge in [0.2, 0.25) is 0 Å². The van der Waals surface area contributed by atoms with Crippen molar-refractivity contribution in [1.82, 2.24) is 14.9 Å². The molecule has 0 fully saturated rings. The standard InChI is InChI=1S/C15H19N5O/c1-3-20(10-12-7-4-6-11(2)18-12)15(21)13-8-5-9-17-14(13)19-16/h4-9H,3,10,16H2,1-2H3,(H,17,19). The molecule has 0 aliphatic carbocycles. The van der Waals surface area contributed by atoms with E-state index in [-0.39, 0.29) is 5.91 Å². The molecule has 0 saturated heterocycles. The van der Waals surface area contributed by atoms with E-state index in [2.05, 4.69) is 15.4 Å². The highest BCUT2D eigenvalue weighted by atomic mass is 16.2. The molecule has 2 aromatic rings. The lowest BCUT2D eigenvalue weighted by atomic mass is 10.2. The lowest BCUT2D eigenvalue weighted by Gasteiger charge is -2.21. The van der Waals surface area contributed by atoms with Gasteiger partial charge in [0.1, 0.15) is 0 Å². The van der Waals surface area contributed by atoms with Crippen molar-refractivity contribution in [2.45, 2.75) is 20.4 Å². The maximum absolute atomic E-state index is 12.6. The minimum atomic E-state index is -0.123. The molecule has 2 aromatic heterocycles. The number of pyridine rings is 2. The molecule has 3 N–H and O–H groups in total. The number of hydrogen-bond acceptors (Lipinski definition) is 5. The number of nitrogens with one attached hydrogen (secondary N) is 1. The number of nitrogens with two attached hydrogens (primary N) is 1. The lowest BCUT2D eigenvalue weighted by molar-refractivity contribution is 0.0751. The smallest absolute Gasteiger partial charge is 0.257 e. The molecule has 0 aliphatic heterocycles. The van der Waals surface area contributed by atoms with E-state index >= 15 is 0 Å². The fraction of sp³-hybridized carbons (Fsp3) is 0.267. The van der Waals surface area contributed by atoms with Gasteiger partial charge in [-0.15, -0.1) is 0 Å². The maximum Gasteiger partial charge on any atom is 0.257 e. The van der Waals surface area contributed by atoms with Gasteiger partial charge in [-0.05, 0) is 38.1 Å². The number of hydrogen-bond donors (Lipinski definition) is 2. The first-order valence-corrected chi connectivity index (χ1v) is 6.79. The number of amides is 1. The number of carbonyl (C=O) groups excluding carboxylic acids is 1. The molecule has 6 nitrogen and oxygen atoms in total. The van der Waals surface area contributed by atoms with E-state index in [1.165, 1.54) is 0 Å². The van der Waals surface area contributed by atoms with E-state index in [0.29, 0.717) is 24.5 Å². The number of aromatic nitrogens is 2. The summed E-state index contributed by atoms with van der Waals surface area (Å²) < 4.78 is 0. The van der Waals surface area contributed by atoms with E-state index in [4.69, 9.17) is 5.84 Å². The van der Waals surface area contributed by atoms with Crippen molar-refractivity contribution < 1.29 is 4.79 Å². The Hall–Kier alpha value is -2.47. The first kappa shape index (κ1) is 14.9. The molecule has 0 aliphatic rings. The van der Waals surface area contributed by atoms with Crippen molar-refractivity contribution in [3.63, 3.8) is 0 Å². The Morgan fingerprint density at radius 1 is 1.33 bits per heavy atom. The Morgan fingerprint density at radius 3 is 2.81 bits per heavy atom. The third kappa shape index (κ3) is 3.55. The highest BCUT2D eigenvalue weighted by Crippen LogP contribution is 2.15. The van der Waals surface area contributed by atoms with Crippen molar-refractivity contribution in [3.8, 4) is 0 Å². The third-order valence-corrected chi connectivity index (χ3v) is 3.14. The maximum atomic E-state index is 12.6. The largest absolute Gasteiger partial charge is 0.333 e. The molecular formula is C15H19N5O. The van der Waals surface area contributed by atoms with Crippen LogP contribution in [0.25, 0.3) is 0 Å². The summed E-state index contributed by atoms with van der Waals surface area (Å²) in [4.78, 5) is 22.8. The van der Waals surface area contributed by atoms with Gasteiger partial charge in [0.15, 0.2) is 5.82 Å². The SMILES string of the molecule is CCN(Cc1cccc(C)n1)C(=O)c1cccnc1NN. The second-order valence-corrected chi connectivity index (χ2v) is 4.63. The second-order valence-electron chi connectivity index (χ2n) is 4.63. The zero-order valence-electron chi connectivity index (χ0n) is 12.2. The molecular weight excluding hydrogens is 266 g/mol. The van der Waals surface area contributed by atoms with Crippen LogP contribution in [0.5, 0.6) is 0 Å². The van der Waals surface area contributed by atoms with Crippen LogP contribution in [0.2, 0.25) is 0 Å². The van der Waals surface area contributed by atoms with Gasteiger partial charge in [0.05, 0.1) is 17.8 Å². The fourth-order valence-electron chi connectivity index (χ4n) is 2.07. The van der Waals surface area contributed by atoms with E-state index in [1.807, 2.05) is 32.0 Å². The summed E-state index contributed by atoms with van der Waals surface area (Å²) in [5.74, 6) is 5.66. The van der Waals surface area contributed by atoms with E-state index in [9.17, 15) is 4.79 Å². The van der Waals surface area contributed by atoms with Crippen LogP contribution in [0.1, 0.15) is 28.7 Å². The number of rotatable bonds is 5. The molecule has 21 heavy (non-hydrogen) atoms. The Bertz CT molecular complexity index is 629. The van der Waals surface area contributed by atoms with Gasteiger partial charge in [0, 0.05) is 18.4 Å². The van der Waals surface area contributed by atoms with Gasteiger partial charge in [-0.2, -0.15) is 0 Å². The van der Waals surface area contributed by atoms with Crippen LogP contribution in [0.15, 0.2) is 36.5 Å². The number of carbonyl (C=O) groups is 1. The van der Waals surface area contributed by atoms with Crippen LogP contribution in [-0.2, 0) is 6.54 Å². The summed E-state index contributed by atoms with van der Waals surface area (Å²) in [6, 6.07) is 9.20. The van der Waals surface area contributed by atoms with Crippen LogP contribution >= 0.6 is 0 Å². The summed E-state index contributed by atoms with van der Waals surface area (Å²) in [6.45, 7) is 4.89. The fourth-order valence-corrected chi connectivity index (χ4v) is 2.07. The first-order chi connectivity index (χ1) is 10.2. The molecule has 0 saturated carbocycles. The monoisotopic (exact) mass is 285 g/mol. The molecule has 0 radical (unpaired) electrons. The normalized spacial score (nSPS) is 10.2. The second kappa shape index (κ2) is 6.81. The number of nitrogen functional groups attached to an aromatic ring is 1. The lowest BCUT2D eigenvalue weighted by Crippen LogP contribution is -2.31. The van der Waals surface area contributed by atoms with Crippen LogP contribution in [0.4, 0.5) is 5.82 Å². The minimum absolute atomic E-state index is 0.123. The quantitative estimate of drug-likeness (QED) is 0.645. The van der Waals surface area contributed by atoms with Gasteiger partial charge < -0.3 is 10.3 Å². The predicted molar refractivity (Wildman–Crippen MR) is 81.4 cm³/mol. The van der Waals surface area contributed by atoms with E-state index in [1.54, 1.807) is 23.2 Å². The van der Waals surface area contributed by atoms with Crippen molar-refractivity contribution in [1.29, 1.82) is 0 Å². The first-order valence-electron chi connectivity index (χ1n) is 6.79. The van der Waals surface area contributed by atoms with Crippen LogP contribution in [-0.4, -0.2) is 27.3 Å². The van der Waals surface area contributed by atoms with Gasteiger partial charge in [-0.3, -0.25) is 9.78 Å². The third-order valence-electron chi connectivity index (χ3n) is 3.14. The molecule has 0 unspecified atom stereocenters. The summed E-state index contributed by atoms with van der Waals surface area (Å²) in [6.07, 6.45) is 1.59.